The van der Waals surface area contributed by atoms with Crippen LogP contribution in [0.4, 0.5) is 0 Å². The van der Waals surface area contributed by atoms with Crippen molar-refractivity contribution in [1.82, 2.24) is 5.43 Å². The summed E-state index contributed by atoms with van der Waals surface area (Å²) in [6, 6.07) is 13.4. The van der Waals surface area contributed by atoms with Crippen molar-refractivity contribution >= 4 is 27.5 Å². The Kier molecular flexibility index (Phi) is 5.65. The first-order valence-corrected chi connectivity index (χ1v) is 7.86. The molecule has 0 saturated heterocycles. The Labute approximate surface area is 138 Å². The molecule has 0 radical (unpaired) electrons. The van der Waals surface area contributed by atoms with Gasteiger partial charge in [0, 0.05) is 9.50 Å². The minimum atomic E-state index is -0.146. The Morgan fingerprint density at radius 1 is 1.19 bits per heavy atom. The van der Waals surface area contributed by atoms with Gasteiger partial charge in [0.1, 0.15) is 5.75 Å². The lowest BCUT2D eigenvalue weighted by molar-refractivity contribution is 0.242. The van der Waals surface area contributed by atoms with Gasteiger partial charge in [-0.3, -0.25) is 5.84 Å². The molecule has 1 unspecified atom stereocenters. The van der Waals surface area contributed by atoms with Crippen molar-refractivity contribution in [3.63, 3.8) is 0 Å². The largest absolute Gasteiger partial charge is 0.491 e. The van der Waals surface area contributed by atoms with Gasteiger partial charge in [0.25, 0.3) is 0 Å². The SMILES string of the molecule is CC(C)Oc1cccc(C(NN)c2ccc(Cl)cc2Br)c1. The third-order valence-corrected chi connectivity index (χ3v) is 3.93. The molecule has 0 heterocycles. The van der Waals surface area contributed by atoms with Crippen LogP contribution in [0.2, 0.25) is 5.02 Å². The number of hydrogen-bond donors (Lipinski definition) is 2. The first-order valence-electron chi connectivity index (χ1n) is 6.69. The highest BCUT2D eigenvalue weighted by atomic mass is 79.9. The van der Waals surface area contributed by atoms with Crippen LogP contribution in [-0.2, 0) is 0 Å². The fourth-order valence-electron chi connectivity index (χ4n) is 2.14. The van der Waals surface area contributed by atoms with Crippen molar-refractivity contribution in [2.24, 2.45) is 5.84 Å². The number of hydrazine groups is 1. The molecule has 0 aliphatic rings. The molecule has 0 aliphatic carbocycles. The number of ether oxygens (including phenoxy) is 1. The van der Waals surface area contributed by atoms with Crippen molar-refractivity contribution in [2.75, 3.05) is 0 Å². The summed E-state index contributed by atoms with van der Waals surface area (Å²) in [6.07, 6.45) is 0.131. The van der Waals surface area contributed by atoms with E-state index in [1.807, 2.05) is 56.3 Å². The molecule has 2 aromatic carbocycles. The van der Waals surface area contributed by atoms with E-state index in [9.17, 15) is 0 Å². The molecule has 112 valence electrons. The molecule has 2 aromatic rings. The second kappa shape index (κ2) is 7.27. The zero-order valence-electron chi connectivity index (χ0n) is 11.9. The van der Waals surface area contributed by atoms with E-state index in [4.69, 9.17) is 22.2 Å². The quantitative estimate of drug-likeness (QED) is 0.605. The second-order valence-corrected chi connectivity index (χ2v) is 6.30. The summed E-state index contributed by atoms with van der Waals surface area (Å²) >= 11 is 9.53. The lowest BCUT2D eigenvalue weighted by atomic mass is 9.99. The molecule has 0 spiro atoms. The van der Waals surface area contributed by atoms with Crippen molar-refractivity contribution in [3.05, 3.63) is 63.1 Å². The van der Waals surface area contributed by atoms with Crippen LogP contribution in [0.3, 0.4) is 0 Å². The Bertz CT molecular complexity index is 619. The molecular formula is C16H18BrClN2O. The minimum Gasteiger partial charge on any atom is -0.491 e. The van der Waals surface area contributed by atoms with Gasteiger partial charge in [-0.05, 0) is 49.2 Å². The maximum atomic E-state index is 5.99. The van der Waals surface area contributed by atoms with Crippen LogP contribution in [0.15, 0.2) is 46.9 Å². The van der Waals surface area contributed by atoms with Crippen molar-refractivity contribution < 1.29 is 4.74 Å². The smallest absolute Gasteiger partial charge is 0.120 e. The van der Waals surface area contributed by atoms with Gasteiger partial charge in [0.2, 0.25) is 0 Å². The number of hydrogen-bond acceptors (Lipinski definition) is 3. The molecule has 1 atom stereocenters. The second-order valence-electron chi connectivity index (χ2n) is 5.00. The lowest BCUT2D eigenvalue weighted by Crippen LogP contribution is -2.29. The van der Waals surface area contributed by atoms with Gasteiger partial charge in [0.05, 0.1) is 12.1 Å². The molecule has 0 bridgehead atoms. The highest BCUT2D eigenvalue weighted by molar-refractivity contribution is 9.10. The number of rotatable bonds is 5. The normalized spacial score (nSPS) is 12.5. The highest BCUT2D eigenvalue weighted by Crippen LogP contribution is 2.31. The van der Waals surface area contributed by atoms with Crippen LogP contribution in [0, 0.1) is 0 Å². The predicted octanol–water partition coefficient (Wildman–Crippen LogP) is 4.44. The predicted molar refractivity (Wildman–Crippen MR) is 90.5 cm³/mol. The van der Waals surface area contributed by atoms with Gasteiger partial charge in [0.15, 0.2) is 0 Å². The van der Waals surface area contributed by atoms with Gasteiger partial charge in [-0.15, -0.1) is 0 Å². The van der Waals surface area contributed by atoms with E-state index in [-0.39, 0.29) is 12.1 Å². The summed E-state index contributed by atoms with van der Waals surface area (Å²) in [5.41, 5.74) is 4.89. The van der Waals surface area contributed by atoms with Crippen molar-refractivity contribution in [3.8, 4) is 5.75 Å². The summed E-state index contributed by atoms with van der Waals surface area (Å²) in [5, 5.41) is 0.679. The molecule has 0 amide bonds. The van der Waals surface area contributed by atoms with Crippen LogP contribution in [0.5, 0.6) is 5.75 Å². The number of nitrogens with one attached hydrogen (secondary N) is 1. The maximum absolute atomic E-state index is 5.99. The van der Waals surface area contributed by atoms with Crippen molar-refractivity contribution in [1.29, 1.82) is 0 Å². The summed E-state index contributed by atoms with van der Waals surface area (Å²) in [7, 11) is 0. The Hall–Kier alpha value is -1.07. The monoisotopic (exact) mass is 368 g/mol. The van der Waals surface area contributed by atoms with E-state index >= 15 is 0 Å². The summed E-state index contributed by atoms with van der Waals surface area (Å²) in [6.45, 7) is 4.00. The number of nitrogens with two attached hydrogens (primary N) is 1. The fourth-order valence-corrected chi connectivity index (χ4v) is 3.05. The zero-order valence-corrected chi connectivity index (χ0v) is 14.3. The third kappa shape index (κ3) is 4.20. The first-order chi connectivity index (χ1) is 10.0. The van der Waals surface area contributed by atoms with E-state index in [2.05, 4.69) is 21.4 Å². The average Bonchev–Trinajstić information content (AvgIpc) is 2.41. The zero-order chi connectivity index (χ0) is 15.4. The van der Waals surface area contributed by atoms with Gasteiger partial charge < -0.3 is 4.74 Å². The lowest BCUT2D eigenvalue weighted by Gasteiger charge is -2.20. The summed E-state index contributed by atoms with van der Waals surface area (Å²) < 4.78 is 6.64. The molecule has 0 saturated carbocycles. The Morgan fingerprint density at radius 2 is 1.95 bits per heavy atom. The van der Waals surface area contributed by atoms with Crippen molar-refractivity contribution in [2.45, 2.75) is 26.0 Å². The molecule has 3 nitrogen and oxygen atoms in total. The Morgan fingerprint density at radius 3 is 2.57 bits per heavy atom. The van der Waals surface area contributed by atoms with Gasteiger partial charge in [-0.1, -0.05) is 45.7 Å². The van der Waals surface area contributed by atoms with E-state index in [0.717, 1.165) is 21.3 Å². The van der Waals surface area contributed by atoms with Crippen LogP contribution in [0.25, 0.3) is 0 Å². The van der Waals surface area contributed by atoms with Gasteiger partial charge >= 0.3 is 0 Å². The van der Waals surface area contributed by atoms with Crippen LogP contribution in [-0.4, -0.2) is 6.10 Å². The molecule has 2 rings (SSSR count). The van der Waals surface area contributed by atoms with Gasteiger partial charge in [-0.25, -0.2) is 5.43 Å². The minimum absolute atomic E-state index is 0.131. The number of halogens is 2. The van der Waals surface area contributed by atoms with Crippen LogP contribution < -0.4 is 16.0 Å². The fraction of sp³-hybridized carbons (Fsp3) is 0.250. The summed E-state index contributed by atoms with van der Waals surface area (Å²) in [4.78, 5) is 0. The van der Waals surface area contributed by atoms with Crippen LogP contribution in [0.1, 0.15) is 31.0 Å². The topological polar surface area (TPSA) is 47.3 Å². The molecule has 21 heavy (non-hydrogen) atoms. The highest BCUT2D eigenvalue weighted by Gasteiger charge is 2.16. The average molecular weight is 370 g/mol. The molecular weight excluding hydrogens is 352 g/mol. The Balaban J connectivity index is 2.37. The molecule has 3 N–H and O–H groups in total. The van der Waals surface area contributed by atoms with Gasteiger partial charge in [-0.2, -0.15) is 0 Å². The van der Waals surface area contributed by atoms with E-state index in [1.54, 1.807) is 0 Å². The van der Waals surface area contributed by atoms with E-state index in [0.29, 0.717) is 5.02 Å². The maximum Gasteiger partial charge on any atom is 0.120 e. The summed E-state index contributed by atoms with van der Waals surface area (Å²) in [5.74, 6) is 6.58. The molecule has 0 fully saturated rings. The molecule has 5 heteroatoms. The van der Waals surface area contributed by atoms with E-state index < -0.39 is 0 Å². The molecule has 0 aliphatic heterocycles. The van der Waals surface area contributed by atoms with Crippen LogP contribution >= 0.6 is 27.5 Å². The molecule has 0 aromatic heterocycles. The third-order valence-electron chi connectivity index (χ3n) is 3.00. The number of benzene rings is 2. The van der Waals surface area contributed by atoms with E-state index in [1.165, 1.54) is 0 Å². The first kappa shape index (κ1) is 16.3. The standard InChI is InChI=1S/C16H18BrClN2O/c1-10(2)21-13-5-3-4-11(8-13)16(20-19)14-7-6-12(18)9-15(14)17/h3-10,16,20H,19H2,1-2H3.